The predicted molar refractivity (Wildman–Crippen MR) is 124 cm³/mol. The topological polar surface area (TPSA) is 0 Å². The van der Waals surface area contributed by atoms with Crippen molar-refractivity contribution < 1.29 is 0 Å². The fourth-order valence-electron chi connectivity index (χ4n) is 2.96. The molecule has 148 valence electrons. The molecular formula is C22H46ClI. The molecule has 0 atom stereocenters. The lowest BCUT2D eigenvalue weighted by Crippen LogP contribution is -2.10. The molecule has 0 aliphatic rings. The fraction of sp³-hybridized carbons (Fsp3) is 1.00. The smallest absolute Gasteiger partial charge is 0.0223 e. The molecule has 0 radical (unpaired) electrons. The second kappa shape index (κ2) is 17.4. The molecule has 0 unspecified atom stereocenters. The standard InChI is InChI=1S/C11H23Cl.C11H23I/c2*1-4-5-8-11(2,3)9-6-7-10-12/h2*4-10H2,1-3H3. The van der Waals surface area contributed by atoms with Crippen LogP contribution in [-0.2, 0) is 0 Å². The van der Waals surface area contributed by atoms with Crippen molar-refractivity contribution in [2.24, 2.45) is 10.8 Å². The number of hydrogen-bond acceptors (Lipinski definition) is 0. The average molecular weight is 473 g/mol. The maximum absolute atomic E-state index is 5.63. The molecule has 0 rings (SSSR count). The Bertz CT molecular complexity index is 222. The summed E-state index contributed by atoms with van der Waals surface area (Å²) in [5.41, 5.74) is 1.14. The van der Waals surface area contributed by atoms with Gasteiger partial charge in [-0.05, 0) is 53.8 Å². The quantitative estimate of drug-likeness (QED) is 0.134. The van der Waals surface area contributed by atoms with Crippen molar-refractivity contribution in [3.05, 3.63) is 0 Å². The Morgan fingerprint density at radius 3 is 1.33 bits per heavy atom. The van der Waals surface area contributed by atoms with E-state index in [-0.39, 0.29) is 0 Å². The molecule has 0 saturated carbocycles. The number of hydrogen-bond donors (Lipinski definition) is 0. The molecule has 0 aromatic rings. The zero-order valence-electron chi connectivity index (χ0n) is 17.7. The van der Waals surface area contributed by atoms with Gasteiger partial charge in [-0.25, -0.2) is 0 Å². The van der Waals surface area contributed by atoms with E-state index in [1.54, 1.807) is 0 Å². The minimum atomic E-state index is 0.544. The molecule has 0 saturated heterocycles. The molecule has 0 nitrogen and oxygen atoms in total. The second-order valence-electron chi connectivity index (χ2n) is 8.83. The molecule has 0 bridgehead atoms. The molecular weight excluding hydrogens is 427 g/mol. The van der Waals surface area contributed by atoms with Gasteiger partial charge in [0.15, 0.2) is 0 Å². The van der Waals surface area contributed by atoms with E-state index in [0.29, 0.717) is 10.8 Å². The summed E-state index contributed by atoms with van der Waals surface area (Å²) in [7, 11) is 0. The van der Waals surface area contributed by atoms with Crippen LogP contribution in [0.3, 0.4) is 0 Å². The highest BCUT2D eigenvalue weighted by Gasteiger charge is 2.16. The zero-order valence-corrected chi connectivity index (χ0v) is 20.6. The highest BCUT2D eigenvalue weighted by molar-refractivity contribution is 14.1. The first-order valence-electron chi connectivity index (χ1n) is 10.4. The van der Waals surface area contributed by atoms with Crippen molar-refractivity contribution in [1.29, 1.82) is 0 Å². The largest absolute Gasteiger partial charge is 0.127 e. The summed E-state index contributed by atoms with van der Waals surface area (Å²) in [5, 5.41) is 0. The summed E-state index contributed by atoms with van der Waals surface area (Å²) in [5.74, 6) is 0.823. The Kier molecular flexibility index (Phi) is 19.8. The molecule has 24 heavy (non-hydrogen) atoms. The lowest BCUT2D eigenvalue weighted by Gasteiger charge is -2.24. The molecule has 0 aromatic heterocycles. The maximum atomic E-state index is 5.63. The Labute approximate surface area is 173 Å². The number of unbranched alkanes of at least 4 members (excludes halogenated alkanes) is 4. The van der Waals surface area contributed by atoms with Gasteiger partial charge in [-0.15, -0.1) is 11.6 Å². The van der Waals surface area contributed by atoms with Gasteiger partial charge in [0.1, 0.15) is 0 Å². The van der Waals surface area contributed by atoms with Crippen LogP contribution in [0.1, 0.15) is 119 Å². The Morgan fingerprint density at radius 2 is 1.00 bits per heavy atom. The van der Waals surface area contributed by atoms with Crippen LogP contribution < -0.4 is 0 Å². The van der Waals surface area contributed by atoms with E-state index in [1.807, 2.05) is 0 Å². The monoisotopic (exact) mass is 472 g/mol. The molecule has 0 spiro atoms. The average Bonchev–Trinajstić information content (AvgIpc) is 2.52. The predicted octanol–water partition coefficient (Wildman–Crippen LogP) is 9.42. The van der Waals surface area contributed by atoms with Gasteiger partial charge in [-0.2, -0.15) is 0 Å². The molecule has 0 aliphatic heterocycles. The number of rotatable bonds is 14. The second-order valence-corrected chi connectivity index (χ2v) is 10.3. The molecule has 0 aliphatic carbocycles. The summed E-state index contributed by atoms with van der Waals surface area (Å²) in [6.07, 6.45) is 16.2. The third kappa shape index (κ3) is 21.1. The first-order chi connectivity index (χ1) is 11.2. The molecule has 0 N–H and O–H groups in total. The minimum Gasteiger partial charge on any atom is -0.127 e. The van der Waals surface area contributed by atoms with Crippen LogP contribution in [0.25, 0.3) is 0 Å². The fourth-order valence-corrected chi connectivity index (χ4v) is 3.69. The lowest BCUT2D eigenvalue weighted by molar-refractivity contribution is 0.289. The van der Waals surface area contributed by atoms with Crippen molar-refractivity contribution in [2.45, 2.75) is 119 Å². The normalized spacial score (nSPS) is 12.0. The molecule has 0 aromatic carbocycles. The van der Waals surface area contributed by atoms with Crippen molar-refractivity contribution in [2.75, 3.05) is 10.3 Å². The Morgan fingerprint density at radius 1 is 0.625 bits per heavy atom. The number of alkyl halides is 2. The Hall–Kier alpha value is 1.02. The third-order valence-corrected chi connectivity index (χ3v) is 5.92. The van der Waals surface area contributed by atoms with Crippen LogP contribution in [-0.4, -0.2) is 10.3 Å². The van der Waals surface area contributed by atoms with Crippen LogP contribution in [0.5, 0.6) is 0 Å². The lowest BCUT2D eigenvalue weighted by atomic mass is 9.82. The van der Waals surface area contributed by atoms with Crippen molar-refractivity contribution in [1.82, 2.24) is 0 Å². The van der Waals surface area contributed by atoms with Crippen molar-refractivity contribution in [3.8, 4) is 0 Å². The van der Waals surface area contributed by atoms with Gasteiger partial charge in [0.05, 0.1) is 0 Å². The number of halogens is 2. The van der Waals surface area contributed by atoms with Gasteiger partial charge in [0.2, 0.25) is 0 Å². The van der Waals surface area contributed by atoms with E-state index in [4.69, 9.17) is 11.6 Å². The molecule has 0 heterocycles. The van der Waals surface area contributed by atoms with Crippen molar-refractivity contribution >= 4 is 34.2 Å². The summed E-state index contributed by atoms with van der Waals surface area (Å²) >= 11 is 8.10. The van der Waals surface area contributed by atoms with Crippen LogP contribution >= 0.6 is 34.2 Å². The SMILES string of the molecule is CCCCC(C)(C)CCCCCl.CCCCC(C)(C)CCCCI. The molecule has 2 heteroatoms. The van der Waals surface area contributed by atoms with Gasteiger partial charge in [-0.1, -0.05) is 103 Å². The van der Waals surface area contributed by atoms with Gasteiger partial charge in [0.25, 0.3) is 0 Å². The minimum absolute atomic E-state index is 0.544. The molecule has 0 amide bonds. The van der Waals surface area contributed by atoms with E-state index >= 15 is 0 Å². The van der Waals surface area contributed by atoms with E-state index in [2.05, 4.69) is 64.1 Å². The van der Waals surface area contributed by atoms with Gasteiger partial charge in [0, 0.05) is 5.88 Å². The first kappa shape index (κ1) is 27.2. The summed E-state index contributed by atoms with van der Waals surface area (Å²) in [4.78, 5) is 0. The van der Waals surface area contributed by atoms with Gasteiger partial charge >= 0.3 is 0 Å². The van der Waals surface area contributed by atoms with E-state index < -0.39 is 0 Å². The summed E-state index contributed by atoms with van der Waals surface area (Å²) in [6, 6.07) is 0. The van der Waals surface area contributed by atoms with Gasteiger partial charge in [-0.3, -0.25) is 0 Å². The molecule has 0 fully saturated rings. The van der Waals surface area contributed by atoms with E-state index in [1.165, 1.54) is 81.5 Å². The van der Waals surface area contributed by atoms with Gasteiger partial charge < -0.3 is 0 Å². The zero-order chi connectivity index (χ0) is 18.9. The summed E-state index contributed by atoms with van der Waals surface area (Å²) in [6.45, 7) is 14.1. The van der Waals surface area contributed by atoms with Crippen LogP contribution in [0.15, 0.2) is 0 Å². The van der Waals surface area contributed by atoms with Crippen LogP contribution in [0.2, 0.25) is 0 Å². The summed E-state index contributed by atoms with van der Waals surface area (Å²) < 4.78 is 1.32. The van der Waals surface area contributed by atoms with Crippen molar-refractivity contribution in [3.63, 3.8) is 0 Å². The Balaban J connectivity index is 0. The maximum Gasteiger partial charge on any atom is 0.0223 e. The van der Waals surface area contributed by atoms with E-state index in [9.17, 15) is 0 Å². The highest BCUT2D eigenvalue weighted by Crippen LogP contribution is 2.30. The van der Waals surface area contributed by atoms with Crippen LogP contribution in [0.4, 0.5) is 0 Å². The van der Waals surface area contributed by atoms with Crippen LogP contribution in [0, 0.1) is 10.8 Å². The first-order valence-corrected chi connectivity index (χ1v) is 12.4. The highest BCUT2D eigenvalue weighted by atomic mass is 127. The third-order valence-electron chi connectivity index (χ3n) is 4.89. The van der Waals surface area contributed by atoms with E-state index in [0.717, 1.165) is 5.88 Å².